The van der Waals surface area contributed by atoms with E-state index in [9.17, 15) is 4.79 Å². The summed E-state index contributed by atoms with van der Waals surface area (Å²) in [6.45, 7) is 10.6. The van der Waals surface area contributed by atoms with E-state index in [1.807, 2.05) is 27.0 Å². The van der Waals surface area contributed by atoms with Gasteiger partial charge < -0.3 is 9.72 Å². The second-order valence-electron chi connectivity index (χ2n) is 6.71. The number of ether oxygens (including phenoxy) is 1. The van der Waals surface area contributed by atoms with Crippen molar-refractivity contribution in [1.82, 2.24) is 14.9 Å². The molecule has 1 N–H and O–H groups in total. The Morgan fingerprint density at radius 1 is 1.50 bits per heavy atom. The molecule has 1 aromatic rings. The van der Waals surface area contributed by atoms with E-state index in [1.165, 1.54) is 0 Å². The molecule has 1 aromatic heterocycles. The molecule has 2 heterocycles. The molecule has 20 heavy (non-hydrogen) atoms. The molecule has 0 spiro atoms. The summed E-state index contributed by atoms with van der Waals surface area (Å²) in [4.78, 5) is 21.8. The van der Waals surface area contributed by atoms with Crippen LogP contribution in [0.25, 0.3) is 0 Å². The third-order valence-corrected chi connectivity index (χ3v) is 3.43. The lowest BCUT2D eigenvalue weighted by molar-refractivity contribution is 0.0218. The zero-order chi connectivity index (χ0) is 14.9. The van der Waals surface area contributed by atoms with Gasteiger partial charge in [-0.1, -0.05) is 13.8 Å². The van der Waals surface area contributed by atoms with Crippen LogP contribution < -0.4 is 0 Å². The molecule has 1 amide bonds. The van der Waals surface area contributed by atoms with Crippen LogP contribution in [0.2, 0.25) is 0 Å². The van der Waals surface area contributed by atoms with Crippen LogP contribution in [0.3, 0.4) is 0 Å². The number of hydrogen-bond donors (Lipinski definition) is 1. The molecule has 5 heteroatoms. The quantitative estimate of drug-likeness (QED) is 0.899. The van der Waals surface area contributed by atoms with Crippen molar-refractivity contribution < 1.29 is 9.53 Å². The van der Waals surface area contributed by atoms with Crippen LogP contribution in [-0.4, -0.2) is 33.1 Å². The summed E-state index contributed by atoms with van der Waals surface area (Å²) >= 11 is 0. The van der Waals surface area contributed by atoms with Crippen molar-refractivity contribution in [3.63, 3.8) is 0 Å². The predicted octanol–water partition coefficient (Wildman–Crippen LogP) is 3.61. The highest BCUT2D eigenvalue weighted by Gasteiger charge is 2.34. The molecule has 1 aliphatic heterocycles. The third-order valence-electron chi connectivity index (χ3n) is 3.43. The largest absolute Gasteiger partial charge is 0.444 e. The Morgan fingerprint density at radius 3 is 2.75 bits per heavy atom. The first-order valence-electron chi connectivity index (χ1n) is 7.32. The Bertz CT molecular complexity index is 474. The second-order valence-corrected chi connectivity index (χ2v) is 6.71. The molecule has 1 atom stereocenters. The maximum Gasteiger partial charge on any atom is 0.410 e. The molecule has 2 rings (SSSR count). The Hall–Kier alpha value is -1.52. The summed E-state index contributed by atoms with van der Waals surface area (Å²) < 4.78 is 5.47. The van der Waals surface area contributed by atoms with E-state index in [0.717, 1.165) is 30.9 Å². The monoisotopic (exact) mass is 279 g/mol. The Kier molecular flexibility index (Phi) is 4.06. The van der Waals surface area contributed by atoms with E-state index in [1.54, 1.807) is 4.90 Å². The lowest BCUT2D eigenvalue weighted by atomic mass is 10.1. The number of carbonyl (C=O) groups is 1. The molecule has 5 nitrogen and oxygen atoms in total. The fourth-order valence-corrected chi connectivity index (χ4v) is 2.40. The second kappa shape index (κ2) is 5.46. The molecule has 0 bridgehead atoms. The molecule has 1 saturated heterocycles. The minimum atomic E-state index is -0.462. The molecule has 1 aliphatic rings. The smallest absolute Gasteiger partial charge is 0.410 e. The molecular weight excluding hydrogens is 254 g/mol. The summed E-state index contributed by atoms with van der Waals surface area (Å²) in [5, 5.41) is 0. The number of imidazole rings is 1. The number of amides is 1. The van der Waals surface area contributed by atoms with Crippen molar-refractivity contribution in [3.05, 3.63) is 17.7 Å². The lowest BCUT2D eigenvalue weighted by Crippen LogP contribution is -2.36. The van der Waals surface area contributed by atoms with Gasteiger partial charge >= 0.3 is 6.09 Å². The van der Waals surface area contributed by atoms with E-state index in [0.29, 0.717) is 5.92 Å². The van der Waals surface area contributed by atoms with Crippen LogP contribution in [0.4, 0.5) is 4.79 Å². The minimum Gasteiger partial charge on any atom is -0.444 e. The number of rotatable bonds is 2. The normalized spacial score (nSPS) is 19.7. The number of nitrogens with one attached hydrogen (secondary N) is 1. The zero-order valence-corrected chi connectivity index (χ0v) is 13.1. The molecule has 1 fully saturated rings. The number of likely N-dealkylation sites (tertiary alicyclic amines) is 1. The van der Waals surface area contributed by atoms with Gasteiger partial charge in [0.15, 0.2) is 0 Å². The van der Waals surface area contributed by atoms with Crippen LogP contribution >= 0.6 is 0 Å². The zero-order valence-electron chi connectivity index (χ0n) is 13.1. The summed E-state index contributed by atoms with van der Waals surface area (Å²) in [5.41, 5.74) is 0.646. The number of carbonyl (C=O) groups excluding carboxylic acids is 1. The van der Waals surface area contributed by atoms with Crippen LogP contribution in [0.1, 0.15) is 70.9 Å². The first-order valence-corrected chi connectivity index (χ1v) is 7.32. The van der Waals surface area contributed by atoms with Gasteiger partial charge in [-0.25, -0.2) is 9.78 Å². The van der Waals surface area contributed by atoms with Crippen LogP contribution in [0.15, 0.2) is 6.20 Å². The maximum atomic E-state index is 12.2. The van der Waals surface area contributed by atoms with Crippen molar-refractivity contribution >= 4 is 6.09 Å². The molecular formula is C15H25N3O2. The average Bonchev–Trinajstić information content (AvgIpc) is 2.95. The summed E-state index contributed by atoms with van der Waals surface area (Å²) in [5.74, 6) is 1.28. The topological polar surface area (TPSA) is 58.2 Å². The van der Waals surface area contributed by atoms with Gasteiger partial charge in [-0.05, 0) is 39.5 Å². The highest BCUT2D eigenvalue weighted by Crippen LogP contribution is 2.32. The Balaban J connectivity index is 2.12. The number of H-pyrrole nitrogens is 1. The first-order chi connectivity index (χ1) is 9.28. The predicted molar refractivity (Wildman–Crippen MR) is 77.6 cm³/mol. The highest BCUT2D eigenvalue weighted by atomic mass is 16.6. The van der Waals surface area contributed by atoms with Gasteiger partial charge in [-0.3, -0.25) is 4.90 Å². The molecule has 0 aromatic carbocycles. The van der Waals surface area contributed by atoms with Crippen molar-refractivity contribution in [2.75, 3.05) is 6.54 Å². The highest BCUT2D eigenvalue weighted by molar-refractivity contribution is 5.69. The van der Waals surface area contributed by atoms with Gasteiger partial charge in [-0.2, -0.15) is 0 Å². The van der Waals surface area contributed by atoms with Gasteiger partial charge in [-0.15, -0.1) is 0 Å². The number of nitrogens with zero attached hydrogens (tertiary/aromatic N) is 2. The molecule has 112 valence electrons. The van der Waals surface area contributed by atoms with Crippen molar-refractivity contribution in [1.29, 1.82) is 0 Å². The first kappa shape index (κ1) is 14.9. The average molecular weight is 279 g/mol. The molecule has 0 saturated carbocycles. The van der Waals surface area contributed by atoms with Crippen molar-refractivity contribution in [2.45, 2.75) is 65.0 Å². The van der Waals surface area contributed by atoms with Gasteiger partial charge in [0.2, 0.25) is 0 Å². The van der Waals surface area contributed by atoms with Gasteiger partial charge in [0, 0.05) is 18.4 Å². The van der Waals surface area contributed by atoms with E-state index in [2.05, 4.69) is 23.8 Å². The number of aromatic amines is 1. The van der Waals surface area contributed by atoms with Crippen LogP contribution in [-0.2, 0) is 4.74 Å². The fourth-order valence-electron chi connectivity index (χ4n) is 2.40. The molecule has 0 aliphatic carbocycles. The van der Waals surface area contributed by atoms with E-state index >= 15 is 0 Å². The van der Waals surface area contributed by atoms with Gasteiger partial charge in [0.05, 0.1) is 6.04 Å². The van der Waals surface area contributed by atoms with Gasteiger partial charge in [0.1, 0.15) is 11.4 Å². The van der Waals surface area contributed by atoms with Crippen molar-refractivity contribution in [3.8, 4) is 0 Å². The number of hydrogen-bond acceptors (Lipinski definition) is 3. The van der Waals surface area contributed by atoms with E-state index in [-0.39, 0.29) is 12.1 Å². The summed E-state index contributed by atoms with van der Waals surface area (Å²) in [6, 6.07) is 0.0114. The van der Waals surface area contributed by atoms with Crippen LogP contribution in [0.5, 0.6) is 0 Å². The van der Waals surface area contributed by atoms with Gasteiger partial charge in [0.25, 0.3) is 0 Å². The molecule has 1 unspecified atom stereocenters. The summed E-state index contributed by atoms with van der Waals surface area (Å²) in [6.07, 6.45) is 3.54. The molecule has 0 radical (unpaired) electrons. The standard InChI is InChI=1S/C15H25N3O2/c1-10(2)11-9-16-13(17-11)12-7-6-8-18(12)14(19)20-15(3,4)5/h9-10,12H,6-8H2,1-5H3,(H,16,17). The summed E-state index contributed by atoms with van der Waals surface area (Å²) in [7, 11) is 0. The maximum absolute atomic E-state index is 12.2. The van der Waals surface area contributed by atoms with Crippen LogP contribution in [0, 0.1) is 0 Å². The van der Waals surface area contributed by atoms with Crippen molar-refractivity contribution in [2.24, 2.45) is 0 Å². The number of aromatic nitrogens is 2. The fraction of sp³-hybridized carbons (Fsp3) is 0.733. The minimum absolute atomic E-state index is 0.0114. The van der Waals surface area contributed by atoms with E-state index in [4.69, 9.17) is 4.74 Å². The van der Waals surface area contributed by atoms with E-state index < -0.39 is 5.60 Å². The third kappa shape index (κ3) is 3.32. The Labute approximate surface area is 120 Å². The SMILES string of the molecule is CC(C)c1cnc(C2CCCN2C(=O)OC(C)(C)C)[nH]1. The lowest BCUT2D eigenvalue weighted by Gasteiger charge is -2.27. The Morgan fingerprint density at radius 2 is 2.20 bits per heavy atom.